The third kappa shape index (κ3) is 3.33. The summed E-state index contributed by atoms with van der Waals surface area (Å²) in [6, 6.07) is 0.549. The van der Waals surface area contributed by atoms with E-state index in [-0.39, 0.29) is 0 Å². The molecule has 0 aromatic carbocycles. The van der Waals surface area contributed by atoms with Crippen LogP contribution in [0.25, 0.3) is 0 Å². The Kier molecular flexibility index (Phi) is 5.07. The van der Waals surface area contributed by atoms with Crippen molar-refractivity contribution < 1.29 is 0 Å². The fourth-order valence-corrected chi connectivity index (χ4v) is 4.46. The number of hydrogen-bond donors (Lipinski definition) is 1. The Hall–Kier alpha value is 0.140. The molecule has 1 N–H and O–H groups in total. The van der Waals surface area contributed by atoms with Gasteiger partial charge in [0.05, 0.1) is 0 Å². The Balaban J connectivity index is 2.09. The van der Waals surface area contributed by atoms with Gasteiger partial charge in [-0.25, -0.2) is 0 Å². The highest BCUT2D eigenvalue weighted by Gasteiger charge is 2.28. The van der Waals surface area contributed by atoms with Crippen LogP contribution in [-0.4, -0.2) is 6.54 Å². The fraction of sp³-hybridized carbons (Fsp3) is 0.714. The quantitative estimate of drug-likeness (QED) is 0.825. The maximum Gasteiger partial charge on any atom is 0.0368 e. The Morgan fingerprint density at radius 1 is 1.35 bits per heavy atom. The molecule has 17 heavy (non-hydrogen) atoms. The molecule has 0 amide bonds. The summed E-state index contributed by atoms with van der Waals surface area (Å²) < 4.78 is 1.28. The van der Waals surface area contributed by atoms with Crippen molar-refractivity contribution in [1.29, 1.82) is 0 Å². The van der Waals surface area contributed by atoms with Crippen LogP contribution in [0.5, 0.6) is 0 Å². The highest BCUT2D eigenvalue weighted by Crippen LogP contribution is 2.39. The molecule has 1 heterocycles. The number of rotatable bonds is 4. The molecule has 0 spiro atoms. The minimum absolute atomic E-state index is 0.549. The third-order valence-corrected chi connectivity index (χ3v) is 5.68. The molecule has 1 aromatic rings. The summed E-state index contributed by atoms with van der Waals surface area (Å²) in [4.78, 5) is 0. The monoisotopic (exact) mass is 315 g/mol. The second-order valence-corrected chi connectivity index (χ2v) is 6.83. The van der Waals surface area contributed by atoms with Crippen molar-refractivity contribution in [3.05, 3.63) is 20.8 Å². The van der Waals surface area contributed by atoms with Crippen LogP contribution in [0.15, 0.2) is 15.2 Å². The van der Waals surface area contributed by atoms with Crippen molar-refractivity contribution in [2.75, 3.05) is 6.54 Å². The topological polar surface area (TPSA) is 12.0 Å². The van der Waals surface area contributed by atoms with Crippen LogP contribution in [0.2, 0.25) is 0 Å². The lowest BCUT2D eigenvalue weighted by Crippen LogP contribution is -2.30. The van der Waals surface area contributed by atoms with E-state index in [0.717, 1.165) is 18.4 Å². The molecule has 0 radical (unpaired) electrons. The molecule has 0 saturated heterocycles. The van der Waals surface area contributed by atoms with E-state index in [0.29, 0.717) is 6.04 Å². The molecular formula is C14H22BrNS. The van der Waals surface area contributed by atoms with Gasteiger partial charge in [0, 0.05) is 15.9 Å². The first-order valence-electron chi connectivity index (χ1n) is 6.67. The van der Waals surface area contributed by atoms with E-state index in [1.165, 1.54) is 35.7 Å². The van der Waals surface area contributed by atoms with Gasteiger partial charge in [-0.2, -0.15) is 11.3 Å². The molecule has 0 aliphatic heterocycles. The summed E-state index contributed by atoms with van der Waals surface area (Å²) in [6.45, 7) is 5.65. The summed E-state index contributed by atoms with van der Waals surface area (Å²) in [7, 11) is 0. The number of hydrogen-bond acceptors (Lipinski definition) is 2. The SMILES string of the molecule is CCNC(c1cscc1Br)C1CCC(C)CC1. The summed E-state index contributed by atoms with van der Waals surface area (Å²) >= 11 is 5.48. The van der Waals surface area contributed by atoms with Crippen LogP contribution in [0.4, 0.5) is 0 Å². The molecule has 1 nitrogen and oxygen atoms in total. The Labute approximate surface area is 117 Å². The smallest absolute Gasteiger partial charge is 0.0368 e. The summed E-state index contributed by atoms with van der Waals surface area (Å²) in [5.41, 5.74) is 1.47. The molecule has 0 bridgehead atoms. The maximum absolute atomic E-state index is 3.69. The highest BCUT2D eigenvalue weighted by atomic mass is 79.9. The zero-order chi connectivity index (χ0) is 12.3. The summed E-state index contributed by atoms with van der Waals surface area (Å²) in [5, 5.41) is 8.19. The Bertz CT molecular complexity index is 342. The van der Waals surface area contributed by atoms with Gasteiger partial charge in [-0.1, -0.05) is 26.7 Å². The van der Waals surface area contributed by atoms with Crippen molar-refractivity contribution in [1.82, 2.24) is 5.32 Å². The number of thiophene rings is 1. The lowest BCUT2D eigenvalue weighted by atomic mass is 9.78. The van der Waals surface area contributed by atoms with Crippen molar-refractivity contribution in [3.8, 4) is 0 Å². The van der Waals surface area contributed by atoms with Gasteiger partial charge in [0.25, 0.3) is 0 Å². The molecule has 3 heteroatoms. The average molecular weight is 316 g/mol. The van der Waals surface area contributed by atoms with Gasteiger partial charge < -0.3 is 5.32 Å². The fourth-order valence-electron chi connectivity index (χ4n) is 2.88. The Morgan fingerprint density at radius 3 is 2.59 bits per heavy atom. The van der Waals surface area contributed by atoms with Crippen LogP contribution < -0.4 is 5.32 Å². The molecule has 96 valence electrons. The van der Waals surface area contributed by atoms with E-state index < -0.39 is 0 Å². The molecule has 2 rings (SSSR count). The summed E-state index contributed by atoms with van der Waals surface area (Å²) in [6.07, 6.45) is 5.55. The highest BCUT2D eigenvalue weighted by molar-refractivity contribution is 9.10. The van der Waals surface area contributed by atoms with Crippen molar-refractivity contribution >= 4 is 27.3 Å². The predicted molar refractivity (Wildman–Crippen MR) is 79.6 cm³/mol. The van der Waals surface area contributed by atoms with Gasteiger partial charge in [0.15, 0.2) is 0 Å². The van der Waals surface area contributed by atoms with Gasteiger partial charge in [0.1, 0.15) is 0 Å². The van der Waals surface area contributed by atoms with E-state index >= 15 is 0 Å². The van der Waals surface area contributed by atoms with Gasteiger partial charge in [-0.15, -0.1) is 0 Å². The van der Waals surface area contributed by atoms with E-state index in [1.807, 2.05) is 0 Å². The molecule has 1 aliphatic carbocycles. The van der Waals surface area contributed by atoms with Crippen LogP contribution >= 0.6 is 27.3 Å². The van der Waals surface area contributed by atoms with Crippen molar-refractivity contribution in [2.45, 2.75) is 45.6 Å². The molecule has 1 fully saturated rings. The van der Waals surface area contributed by atoms with E-state index in [2.05, 4.69) is 45.9 Å². The van der Waals surface area contributed by atoms with Crippen LogP contribution in [0.1, 0.15) is 51.1 Å². The van der Waals surface area contributed by atoms with Gasteiger partial charge in [-0.05, 0) is 58.1 Å². The van der Waals surface area contributed by atoms with E-state index in [4.69, 9.17) is 0 Å². The first-order chi connectivity index (χ1) is 8.22. The minimum Gasteiger partial charge on any atom is -0.310 e. The normalized spacial score (nSPS) is 27.0. The second-order valence-electron chi connectivity index (χ2n) is 5.23. The van der Waals surface area contributed by atoms with Gasteiger partial charge >= 0.3 is 0 Å². The molecule has 1 aliphatic rings. The molecule has 1 aromatic heterocycles. The lowest BCUT2D eigenvalue weighted by molar-refractivity contribution is 0.233. The van der Waals surface area contributed by atoms with E-state index in [9.17, 15) is 0 Å². The van der Waals surface area contributed by atoms with Crippen LogP contribution in [-0.2, 0) is 0 Å². The third-order valence-electron chi connectivity index (χ3n) is 3.93. The van der Waals surface area contributed by atoms with Crippen LogP contribution in [0, 0.1) is 11.8 Å². The van der Waals surface area contributed by atoms with Gasteiger partial charge in [0.2, 0.25) is 0 Å². The van der Waals surface area contributed by atoms with Crippen molar-refractivity contribution in [2.24, 2.45) is 11.8 Å². The first-order valence-corrected chi connectivity index (χ1v) is 8.41. The van der Waals surface area contributed by atoms with E-state index in [1.54, 1.807) is 11.3 Å². The standard InChI is InChI=1S/C14H22BrNS/c1-3-16-14(12-8-17-9-13(12)15)11-6-4-10(2)5-7-11/h8-11,14,16H,3-7H2,1-2H3. The second kappa shape index (κ2) is 6.35. The molecular weight excluding hydrogens is 294 g/mol. The zero-order valence-corrected chi connectivity index (χ0v) is 13.1. The average Bonchev–Trinajstić information content (AvgIpc) is 2.74. The first kappa shape index (κ1) is 13.6. The number of nitrogens with one attached hydrogen (secondary N) is 1. The Morgan fingerprint density at radius 2 is 2.06 bits per heavy atom. The lowest BCUT2D eigenvalue weighted by Gasteiger charge is -2.33. The van der Waals surface area contributed by atoms with Crippen molar-refractivity contribution in [3.63, 3.8) is 0 Å². The number of halogens is 1. The molecule has 1 unspecified atom stereocenters. The largest absolute Gasteiger partial charge is 0.310 e. The predicted octanol–water partition coefficient (Wildman–Crippen LogP) is 4.99. The minimum atomic E-state index is 0.549. The maximum atomic E-state index is 3.69. The summed E-state index contributed by atoms with van der Waals surface area (Å²) in [5.74, 6) is 1.75. The van der Waals surface area contributed by atoms with Gasteiger partial charge in [-0.3, -0.25) is 0 Å². The molecule has 1 saturated carbocycles. The zero-order valence-electron chi connectivity index (χ0n) is 10.7. The molecule has 1 atom stereocenters. The van der Waals surface area contributed by atoms with Crippen LogP contribution in [0.3, 0.4) is 0 Å².